The minimum Gasteiger partial charge on any atom is -0.481 e. The van der Waals surface area contributed by atoms with Crippen LogP contribution in [0, 0.1) is 34.5 Å². The van der Waals surface area contributed by atoms with Crippen molar-refractivity contribution in [3.8, 4) is 0 Å². The van der Waals surface area contributed by atoms with Crippen LogP contribution in [0.3, 0.4) is 0 Å². The highest BCUT2D eigenvalue weighted by molar-refractivity contribution is 5.91. The van der Waals surface area contributed by atoms with Crippen molar-refractivity contribution in [1.82, 2.24) is 0 Å². The van der Waals surface area contributed by atoms with Crippen LogP contribution in [0.4, 0.5) is 0 Å². The molecule has 0 aliphatic heterocycles. The molecule has 5 unspecified atom stereocenters. The number of aliphatic hydroxyl groups is 1. The van der Waals surface area contributed by atoms with Gasteiger partial charge in [0.15, 0.2) is 5.78 Å². The molecule has 4 nitrogen and oxygen atoms in total. The van der Waals surface area contributed by atoms with Gasteiger partial charge in [-0.1, -0.05) is 26.3 Å². The standard InChI is InChI=1S/C22H32O4/c1-13(19(24)25)16-6-7-17-18-5-4-14-12-15(23)8-9-21(14,3)22(18,26)11-10-20(16,17)2/h12-13,16-18,26H,4-11H2,1-3H3,(H,24,25)/t13?,16?,17?,18?,20-,21+,22?/m1/s1. The first-order valence-corrected chi connectivity index (χ1v) is 10.3. The molecule has 4 rings (SSSR count). The largest absolute Gasteiger partial charge is 0.481 e. The highest BCUT2D eigenvalue weighted by Gasteiger charge is 2.66. The molecular formula is C22H32O4. The Labute approximate surface area is 156 Å². The van der Waals surface area contributed by atoms with Crippen molar-refractivity contribution in [3.63, 3.8) is 0 Å². The summed E-state index contributed by atoms with van der Waals surface area (Å²) in [6, 6.07) is 0. The zero-order valence-corrected chi connectivity index (χ0v) is 16.3. The third-order valence-electron chi connectivity index (χ3n) is 9.22. The summed E-state index contributed by atoms with van der Waals surface area (Å²) in [6.07, 6.45) is 8.55. The van der Waals surface area contributed by atoms with Crippen LogP contribution >= 0.6 is 0 Å². The third-order valence-corrected chi connectivity index (χ3v) is 9.22. The Morgan fingerprint density at radius 1 is 1.12 bits per heavy atom. The van der Waals surface area contributed by atoms with Gasteiger partial charge in [-0.25, -0.2) is 0 Å². The van der Waals surface area contributed by atoms with Gasteiger partial charge in [0.25, 0.3) is 0 Å². The normalized spacial score (nSPS) is 48.8. The zero-order chi connectivity index (χ0) is 18.9. The molecule has 7 atom stereocenters. The fourth-order valence-corrected chi connectivity index (χ4v) is 7.53. The Balaban J connectivity index is 1.70. The van der Waals surface area contributed by atoms with Gasteiger partial charge < -0.3 is 10.2 Å². The fraction of sp³-hybridized carbons (Fsp3) is 0.818. The molecular weight excluding hydrogens is 328 g/mol. The molecule has 0 aromatic rings. The monoisotopic (exact) mass is 360 g/mol. The van der Waals surface area contributed by atoms with Gasteiger partial charge >= 0.3 is 5.97 Å². The first kappa shape index (κ1) is 18.2. The lowest BCUT2D eigenvalue weighted by atomic mass is 9.44. The Morgan fingerprint density at radius 2 is 1.85 bits per heavy atom. The van der Waals surface area contributed by atoms with Crippen molar-refractivity contribution in [2.75, 3.05) is 0 Å². The number of hydrogen-bond donors (Lipinski definition) is 2. The number of fused-ring (bicyclic) bond motifs is 5. The fourth-order valence-electron chi connectivity index (χ4n) is 7.53. The average molecular weight is 360 g/mol. The molecule has 0 saturated heterocycles. The molecule has 0 aromatic carbocycles. The summed E-state index contributed by atoms with van der Waals surface area (Å²) in [5, 5.41) is 21.5. The van der Waals surface area contributed by atoms with Gasteiger partial charge in [0.1, 0.15) is 0 Å². The number of carbonyl (C=O) groups is 2. The molecule has 0 heterocycles. The number of carboxylic acids is 1. The lowest BCUT2D eigenvalue weighted by Gasteiger charge is -2.63. The zero-order valence-electron chi connectivity index (χ0n) is 16.3. The third kappa shape index (κ3) is 2.17. The smallest absolute Gasteiger partial charge is 0.306 e. The number of ketones is 1. The lowest BCUT2D eigenvalue weighted by Crippen LogP contribution is -2.63. The van der Waals surface area contributed by atoms with Crippen LogP contribution in [0.25, 0.3) is 0 Å². The molecule has 0 spiro atoms. The maximum absolute atomic E-state index is 12.0. The van der Waals surface area contributed by atoms with Crippen molar-refractivity contribution in [2.45, 2.75) is 77.7 Å². The van der Waals surface area contributed by atoms with E-state index in [9.17, 15) is 19.8 Å². The molecule has 144 valence electrons. The molecule has 2 N–H and O–H groups in total. The van der Waals surface area contributed by atoms with Crippen LogP contribution in [-0.2, 0) is 9.59 Å². The molecule has 0 amide bonds. The molecule has 3 saturated carbocycles. The van der Waals surface area contributed by atoms with Crippen LogP contribution in [-0.4, -0.2) is 27.6 Å². The molecule has 4 aliphatic carbocycles. The van der Waals surface area contributed by atoms with E-state index in [0.717, 1.165) is 50.5 Å². The minimum atomic E-state index is -0.747. The van der Waals surface area contributed by atoms with Crippen LogP contribution < -0.4 is 0 Å². The number of rotatable bonds is 2. The summed E-state index contributed by atoms with van der Waals surface area (Å²) in [6.45, 7) is 6.32. The number of hydrogen-bond acceptors (Lipinski definition) is 3. The van der Waals surface area contributed by atoms with Crippen molar-refractivity contribution >= 4 is 11.8 Å². The Morgan fingerprint density at radius 3 is 2.54 bits per heavy atom. The molecule has 0 aromatic heterocycles. The summed E-state index contributed by atoms with van der Waals surface area (Å²) >= 11 is 0. The maximum Gasteiger partial charge on any atom is 0.306 e. The summed E-state index contributed by atoms with van der Waals surface area (Å²) < 4.78 is 0. The lowest BCUT2D eigenvalue weighted by molar-refractivity contribution is -0.194. The second kappa shape index (κ2) is 5.67. The van der Waals surface area contributed by atoms with E-state index in [2.05, 4.69) is 13.8 Å². The van der Waals surface area contributed by atoms with Gasteiger partial charge in [0.05, 0.1) is 11.5 Å². The van der Waals surface area contributed by atoms with Crippen molar-refractivity contribution < 1.29 is 19.8 Å². The van der Waals surface area contributed by atoms with Crippen molar-refractivity contribution in [3.05, 3.63) is 11.6 Å². The molecule has 0 radical (unpaired) electrons. The summed E-state index contributed by atoms with van der Waals surface area (Å²) in [5.41, 5.74) is 0.131. The van der Waals surface area contributed by atoms with E-state index < -0.39 is 11.6 Å². The predicted octanol–water partition coefficient (Wildman–Crippen LogP) is 3.97. The molecule has 26 heavy (non-hydrogen) atoms. The SMILES string of the molecule is CC(C(=O)O)C1CCC2C3CCC4=CC(=O)CC[C@]4(C)C3(O)CC[C@]12C. The number of carbonyl (C=O) groups excluding carboxylic acids is 1. The van der Waals surface area contributed by atoms with E-state index in [-0.39, 0.29) is 34.4 Å². The summed E-state index contributed by atoms with van der Waals surface area (Å²) in [7, 11) is 0. The van der Waals surface area contributed by atoms with E-state index in [1.54, 1.807) is 0 Å². The minimum absolute atomic E-state index is 0.0107. The topological polar surface area (TPSA) is 74.6 Å². The highest BCUT2D eigenvalue weighted by Crippen LogP contribution is 2.68. The van der Waals surface area contributed by atoms with Gasteiger partial charge in [-0.05, 0) is 74.2 Å². The van der Waals surface area contributed by atoms with Gasteiger partial charge in [-0.15, -0.1) is 0 Å². The van der Waals surface area contributed by atoms with E-state index in [1.807, 2.05) is 13.0 Å². The second-order valence-electron chi connectivity index (χ2n) is 9.96. The van der Waals surface area contributed by atoms with Gasteiger partial charge in [0.2, 0.25) is 0 Å². The maximum atomic E-state index is 12.0. The average Bonchev–Trinajstić information content (AvgIpc) is 2.93. The molecule has 0 bridgehead atoms. The highest BCUT2D eigenvalue weighted by atomic mass is 16.4. The summed E-state index contributed by atoms with van der Waals surface area (Å²) in [4.78, 5) is 23.6. The van der Waals surface area contributed by atoms with Crippen LogP contribution in [0.2, 0.25) is 0 Å². The van der Waals surface area contributed by atoms with Crippen LogP contribution in [0.1, 0.15) is 72.1 Å². The van der Waals surface area contributed by atoms with Crippen LogP contribution in [0.5, 0.6) is 0 Å². The Bertz CT molecular complexity index is 682. The van der Waals surface area contributed by atoms with Crippen molar-refractivity contribution in [1.29, 1.82) is 0 Å². The molecule has 4 aliphatic rings. The Hall–Kier alpha value is -1.16. The van der Waals surface area contributed by atoms with Crippen molar-refractivity contribution in [2.24, 2.45) is 34.5 Å². The van der Waals surface area contributed by atoms with E-state index in [0.29, 0.717) is 12.3 Å². The second-order valence-corrected chi connectivity index (χ2v) is 9.96. The van der Waals surface area contributed by atoms with Gasteiger partial charge in [-0.3, -0.25) is 9.59 Å². The predicted molar refractivity (Wildman–Crippen MR) is 98.5 cm³/mol. The van der Waals surface area contributed by atoms with E-state index in [1.165, 1.54) is 0 Å². The number of carboxylic acid groups (broad SMARTS) is 1. The molecule has 4 heteroatoms. The number of aliphatic carboxylic acids is 1. The van der Waals surface area contributed by atoms with E-state index in [4.69, 9.17) is 0 Å². The Kier molecular flexibility index (Phi) is 3.97. The first-order valence-electron chi connectivity index (χ1n) is 10.3. The first-order chi connectivity index (χ1) is 12.1. The van der Waals surface area contributed by atoms with Crippen LogP contribution in [0.15, 0.2) is 11.6 Å². The van der Waals surface area contributed by atoms with E-state index >= 15 is 0 Å². The quantitative estimate of drug-likeness (QED) is 0.781. The molecule has 3 fully saturated rings. The summed E-state index contributed by atoms with van der Waals surface area (Å²) in [5.74, 6) is 0.0118. The van der Waals surface area contributed by atoms with Gasteiger partial charge in [0, 0.05) is 11.8 Å². The van der Waals surface area contributed by atoms with Gasteiger partial charge in [-0.2, -0.15) is 0 Å².